The first-order valence-electron chi connectivity index (χ1n) is 12.2. The molecule has 0 radical (unpaired) electrons. The minimum Gasteiger partial charge on any atom is -0.351 e. The molecule has 0 spiro atoms. The van der Waals surface area contributed by atoms with Crippen LogP contribution in [-0.4, -0.2) is 14.7 Å². The van der Waals surface area contributed by atoms with Gasteiger partial charge in [-0.1, -0.05) is 50.2 Å². The van der Waals surface area contributed by atoms with Crippen LogP contribution in [0.3, 0.4) is 0 Å². The summed E-state index contributed by atoms with van der Waals surface area (Å²) in [7, 11) is 0. The summed E-state index contributed by atoms with van der Waals surface area (Å²) in [4.78, 5) is 7.01. The van der Waals surface area contributed by atoms with Crippen LogP contribution in [0.1, 0.15) is 65.6 Å². The molecular weight excluding hydrogens is 448 g/mol. The topological polar surface area (TPSA) is 33.1 Å². The standard InChI is InChI=1S/C30H32N4S/c1-19(2)23-14-16-25(17-15-23)34-29(28(32-30(34)35)26-13-9-10-18-31-26)27-20(3)21(4)33(22(27)5)24-11-7-6-8-12-24/h6-19,28-29H,1-5H3,(H,32,35). The average molecular weight is 481 g/mol. The monoisotopic (exact) mass is 480 g/mol. The van der Waals surface area contributed by atoms with Gasteiger partial charge in [0, 0.05) is 34.5 Å². The van der Waals surface area contributed by atoms with Gasteiger partial charge in [-0.25, -0.2) is 0 Å². The summed E-state index contributed by atoms with van der Waals surface area (Å²) >= 11 is 5.96. The smallest absolute Gasteiger partial charge is 0.174 e. The number of thiocarbonyl (C=S) groups is 1. The van der Waals surface area contributed by atoms with Crippen LogP contribution in [0, 0.1) is 20.8 Å². The third-order valence-electron chi connectivity index (χ3n) is 7.25. The largest absolute Gasteiger partial charge is 0.351 e. The van der Waals surface area contributed by atoms with Crippen molar-refractivity contribution >= 4 is 23.0 Å². The summed E-state index contributed by atoms with van der Waals surface area (Å²) in [6.07, 6.45) is 1.86. The first-order valence-corrected chi connectivity index (χ1v) is 12.6. The van der Waals surface area contributed by atoms with Crippen molar-refractivity contribution in [3.05, 3.63) is 113 Å². The van der Waals surface area contributed by atoms with E-state index in [9.17, 15) is 0 Å². The number of nitrogens with one attached hydrogen (secondary N) is 1. The van der Waals surface area contributed by atoms with Crippen LogP contribution in [0.2, 0.25) is 0 Å². The molecule has 3 heterocycles. The molecule has 5 rings (SSSR count). The average Bonchev–Trinajstić information content (AvgIpc) is 3.32. The second kappa shape index (κ2) is 9.31. The molecule has 0 saturated carbocycles. The van der Waals surface area contributed by atoms with Gasteiger partial charge in [-0.2, -0.15) is 0 Å². The number of hydrogen-bond donors (Lipinski definition) is 1. The van der Waals surface area contributed by atoms with Gasteiger partial charge in [0.05, 0.1) is 17.8 Å². The highest BCUT2D eigenvalue weighted by atomic mass is 32.1. The number of anilines is 1. The van der Waals surface area contributed by atoms with Gasteiger partial charge >= 0.3 is 0 Å². The lowest BCUT2D eigenvalue weighted by atomic mass is 9.93. The molecule has 2 unspecified atom stereocenters. The minimum atomic E-state index is -0.0584. The van der Waals surface area contributed by atoms with Gasteiger partial charge in [-0.05, 0) is 86.4 Å². The highest BCUT2D eigenvalue weighted by Gasteiger charge is 2.43. The zero-order valence-corrected chi connectivity index (χ0v) is 21.8. The van der Waals surface area contributed by atoms with E-state index < -0.39 is 0 Å². The fourth-order valence-electron chi connectivity index (χ4n) is 5.35. The Hall–Kier alpha value is -3.44. The molecule has 5 heteroatoms. The van der Waals surface area contributed by atoms with Gasteiger partial charge in [-0.3, -0.25) is 4.98 Å². The number of pyridine rings is 1. The number of para-hydroxylation sites is 1. The van der Waals surface area contributed by atoms with Crippen molar-refractivity contribution < 1.29 is 0 Å². The molecule has 1 aliphatic heterocycles. The SMILES string of the molecule is Cc1c(C2C(c3ccccn3)NC(=S)N2c2ccc(C(C)C)cc2)c(C)n(-c2ccccc2)c1C. The Morgan fingerprint density at radius 3 is 2.14 bits per heavy atom. The summed E-state index contributed by atoms with van der Waals surface area (Å²) in [6.45, 7) is 11.1. The van der Waals surface area contributed by atoms with Gasteiger partial charge in [0.15, 0.2) is 5.11 Å². The van der Waals surface area contributed by atoms with Crippen LogP contribution in [-0.2, 0) is 0 Å². The Balaban J connectivity index is 1.70. The molecule has 1 N–H and O–H groups in total. The predicted octanol–water partition coefficient (Wildman–Crippen LogP) is 7.10. The fourth-order valence-corrected chi connectivity index (χ4v) is 5.70. The Morgan fingerprint density at radius 2 is 1.51 bits per heavy atom. The Morgan fingerprint density at radius 1 is 0.829 bits per heavy atom. The molecule has 4 aromatic rings. The van der Waals surface area contributed by atoms with E-state index in [1.165, 1.54) is 33.8 Å². The summed E-state index contributed by atoms with van der Waals surface area (Å²) in [5, 5.41) is 4.34. The Kier molecular flexibility index (Phi) is 6.20. The quantitative estimate of drug-likeness (QED) is 0.309. The molecule has 2 aromatic carbocycles. The number of hydrogen-bond acceptors (Lipinski definition) is 2. The maximum absolute atomic E-state index is 5.96. The molecule has 4 nitrogen and oxygen atoms in total. The highest BCUT2D eigenvalue weighted by Crippen LogP contribution is 2.45. The number of benzene rings is 2. The van der Waals surface area contributed by atoms with E-state index in [4.69, 9.17) is 17.2 Å². The summed E-state index contributed by atoms with van der Waals surface area (Å²) in [5.74, 6) is 0.483. The van der Waals surface area contributed by atoms with Gasteiger partial charge in [0.25, 0.3) is 0 Å². The lowest BCUT2D eigenvalue weighted by Gasteiger charge is -2.29. The van der Waals surface area contributed by atoms with Crippen molar-refractivity contribution in [3.8, 4) is 5.69 Å². The van der Waals surface area contributed by atoms with E-state index in [0.717, 1.165) is 16.5 Å². The molecule has 2 aromatic heterocycles. The van der Waals surface area contributed by atoms with Crippen molar-refractivity contribution in [1.29, 1.82) is 0 Å². The van der Waals surface area contributed by atoms with Crippen LogP contribution in [0.25, 0.3) is 5.69 Å². The molecule has 0 aliphatic carbocycles. The molecule has 35 heavy (non-hydrogen) atoms. The van der Waals surface area contributed by atoms with E-state index >= 15 is 0 Å². The number of nitrogens with zero attached hydrogens (tertiary/aromatic N) is 3. The van der Waals surface area contributed by atoms with Crippen LogP contribution >= 0.6 is 12.2 Å². The summed E-state index contributed by atoms with van der Waals surface area (Å²) in [5.41, 5.74) is 9.64. The van der Waals surface area contributed by atoms with Crippen LogP contribution in [0.15, 0.2) is 79.0 Å². The normalized spacial score (nSPS) is 17.8. The van der Waals surface area contributed by atoms with Gasteiger partial charge in [0.1, 0.15) is 0 Å². The van der Waals surface area contributed by atoms with Gasteiger partial charge < -0.3 is 14.8 Å². The first-order chi connectivity index (χ1) is 16.9. The van der Waals surface area contributed by atoms with E-state index in [2.05, 4.69) is 110 Å². The van der Waals surface area contributed by atoms with Gasteiger partial charge in [0.2, 0.25) is 0 Å². The fraction of sp³-hybridized carbons (Fsp3) is 0.267. The molecule has 178 valence electrons. The van der Waals surface area contributed by atoms with Gasteiger partial charge in [-0.15, -0.1) is 0 Å². The lowest BCUT2D eigenvalue weighted by molar-refractivity contribution is 0.563. The first kappa shape index (κ1) is 23.3. The zero-order valence-electron chi connectivity index (χ0n) is 21.0. The third kappa shape index (κ3) is 4.04. The Labute approximate surface area is 213 Å². The molecule has 2 atom stereocenters. The maximum atomic E-state index is 5.96. The van der Waals surface area contributed by atoms with Crippen molar-refractivity contribution in [1.82, 2.24) is 14.9 Å². The number of rotatable bonds is 5. The molecule has 0 bridgehead atoms. The molecule has 0 amide bonds. The molecule has 1 aliphatic rings. The van der Waals surface area contributed by atoms with Crippen LogP contribution in [0.4, 0.5) is 5.69 Å². The van der Waals surface area contributed by atoms with Crippen molar-refractivity contribution in [2.75, 3.05) is 4.90 Å². The lowest BCUT2D eigenvalue weighted by Crippen LogP contribution is -2.29. The number of aromatic nitrogens is 2. The van der Waals surface area contributed by atoms with Crippen LogP contribution in [0.5, 0.6) is 0 Å². The van der Waals surface area contributed by atoms with E-state index in [1.54, 1.807) is 0 Å². The summed E-state index contributed by atoms with van der Waals surface area (Å²) < 4.78 is 2.36. The predicted molar refractivity (Wildman–Crippen MR) is 148 cm³/mol. The van der Waals surface area contributed by atoms with Crippen molar-refractivity contribution in [2.24, 2.45) is 0 Å². The maximum Gasteiger partial charge on any atom is 0.174 e. The molecule has 1 saturated heterocycles. The third-order valence-corrected chi connectivity index (χ3v) is 7.57. The highest BCUT2D eigenvalue weighted by molar-refractivity contribution is 7.80. The minimum absolute atomic E-state index is 0.0223. The summed E-state index contributed by atoms with van der Waals surface area (Å²) in [6, 6.07) is 25.4. The molecular formula is C30H32N4S. The van der Waals surface area contributed by atoms with Crippen molar-refractivity contribution in [3.63, 3.8) is 0 Å². The van der Waals surface area contributed by atoms with Crippen LogP contribution < -0.4 is 10.2 Å². The second-order valence-electron chi connectivity index (χ2n) is 9.62. The molecule has 1 fully saturated rings. The van der Waals surface area contributed by atoms with E-state index in [0.29, 0.717) is 5.92 Å². The van der Waals surface area contributed by atoms with E-state index in [-0.39, 0.29) is 12.1 Å². The second-order valence-corrected chi connectivity index (χ2v) is 10.0. The zero-order chi connectivity index (χ0) is 24.7. The van der Waals surface area contributed by atoms with E-state index in [1.807, 2.05) is 18.3 Å². The Bertz CT molecular complexity index is 1340. The van der Waals surface area contributed by atoms with Crippen molar-refractivity contribution in [2.45, 2.75) is 52.6 Å².